The summed E-state index contributed by atoms with van der Waals surface area (Å²) >= 11 is 3.58. The zero-order valence-corrected chi connectivity index (χ0v) is 15.8. The summed E-state index contributed by atoms with van der Waals surface area (Å²) in [6.07, 6.45) is 0. The molecule has 0 amide bonds. The van der Waals surface area contributed by atoms with Crippen molar-refractivity contribution < 1.29 is 0 Å². The van der Waals surface area contributed by atoms with Gasteiger partial charge < -0.3 is 10.6 Å². The van der Waals surface area contributed by atoms with E-state index in [1.165, 1.54) is 9.75 Å². The SMILES string of the molecule is c1ccc(NC(c2cccs2)C(Nc2ccccc2)c2cccs2)cc1. The number of benzene rings is 2. The van der Waals surface area contributed by atoms with Gasteiger partial charge in [-0.2, -0.15) is 0 Å². The van der Waals surface area contributed by atoms with Crippen LogP contribution in [0.25, 0.3) is 0 Å². The number of nitrogens with one attached hydrogen (secondary N) is 2. The van der Waals surface area contributed by atoms with E-state index in [4.69, 9.17) is 0 Å². The molecule has 2 heterocycles. The van der Waals surface area contributed by atoms with Crippen molar-refractivity contribution in [2.75, 3.05) is 10.6 Å². The smallest absolute Gasteiger partial charge is 0.0858 e. The van der Waals surface area contributed by atoms with Crippen LogP contribution in [-0.4, -0.2) is 0 Å². The Bertz CT molecular complexity index is 810. The van der Waals surface area contributed by atoms with Gasteiger partial charge >= 0.3 is 0 Å². The highest BCUT2D eigenvalue weighted by atomic mass is 32.1. The van der Waals surface area contributed by atoms with Crippen LogP contribution in [0.5, 0.6) is 0 Å². The standard InChI is InChI=1S/C22H20N2S2/c1-3-9-17(10-4-1)23-21(19-13-7-15-25-19)22(20-14-8-16-26-20)24-18-11-5-2-6-12-18/h1-16,21-24H. The van der Waals surface area contributed by atoms with Crippen molar-refractivity contribution in [3.8, 4) is 0 Å². The minimum atomic E-state index is 0.135. The first kappa shape index (κ1) is 16.9. The largest absolute Gasteiger partial charge is 0.375 e. The Morgan fingerprint density at radius 1 is 0.500 bits per heavy atom. The predicted molar refractivity (Wildman–Crippen MR) is 114 cm³/mol. The Kier molecular flexibility index (Phi) is 5.33. The fourth-order valence-electron chi connectivity index (χ4n) is 3.00. The first-order valence-electron chi connectivity index (χ1n) is 8.60. The lowest BCUT2D eigenvalue weighted by Gasteiger charge is -2.29. The second kappa shape index (κ2) is 8.21. The quantitative estimate of drug-likeness (QED) is 0.370. The molecule has 0 aliphatic carbocycles. The fraction of sp³-hybridized carbons (Fsp3) is 0.0909. The third-order valence-electron chi connectivity index (χ3n) is 4.22. The van der Waals surface area contributed by atoms with Crippen LogP contribution in [0.1, 0.15) is 21.8 Å². The number of para-hydroxylation sites is 2. The average Bonchev–Trinajstić information content (AvgIpc) is 3.40. The highest BCUT2D eigenvalue weighted by Crippen LogP contribution is 2.38. The second-order valence-corrected chi connectivity index (χ2v) is 7.97. The molecule has 2 aromatic heterocycles. The Morgan fingerprint density at radius 2 is 0.923 bits per heavy atom. The Balaban J connectivity index is 1.71. The summed E-state index contributed by atoms with van der Waals surface area (Å²) in [5, 5.41) is 11.8. The van der Waals surface area contributed by atoms with Crippen molar-refractivity contribution in [2.24, 2.45) is 0 Å². The molecule has 0 saturated heterocycles. The van der Waals surface area contributed by atoms with E-state index in [0.29, 0.717) is 0 Å². The average molecular weight is 377 g/mol. The van der Waals surface area contributed by atoms with Crippen LogP contribution in [0.4, 0.5) is 11.4 Å². The third-order valence-corrected chi connectivity index (χ3v) is 6.14. The van der Waals surface area contributed by atoms with Crippen molar-refractivity contribution in [1.82, 2.24) is 0 Å². The Labute approximate surface area is 162 Å². The highest BCUT2D eigenvalue weighted by Gasteiger charge is 2.26. The minimum absolute atomic E-state index is 0.135. The summed E-state index contributed by atoms with van der Waals surface area (Å²) < 4.78 is 0. The van der Waals surface area contributed by atoms with E-state index >= 15 is 0 Å². The lowest BCUT2D eigenvalue weighted by molar-refractivity contribution is 0.670. The van der Waals surface area contributed by atoms with Crippen molar-refractivity contribution in [3.63, 3.8) is 0 Å². The van der Waals surface area contributed by atoms with Crippen LogP contribution >= 0.6 is 22.7 Å². The van der Waals surface area contributed by atoms with Gasteiger partial charge in [-0.25, -0.2) is 0 Å². The molecule has 4 aromatic rings. The van der Waals surface area contributed by atoms with E-state index < -0.39 is 0 Å². The molecule has 2 atom stereocenters. The van der Waals surface area contributed by atoms with Gasteiger partial charge in [0.1, 0.15) is 0 Å². The summed E-state index contributed by atoms with van der Waals surface area (Å²) in [6.45, 7) is 0. The molecule has 0 radical (unpaired) electrons. The zero-order valence-electron chi connectivity index (χ0n) is 14.2. The molecule has 2 nitrogen and oxygen atoms in total. The van der Waals surface area contributed by atoms with E-state index in [0.717, 1.165) is 11.4 Å². The molecule has 0 fully saturated rings. The molecule has 130 valence electrons. The molecule has 4 rings (SSSR count). The van der Waals surface area contributed by atoms with Gasteiger partial charge in [-0.05, 0) is 47.2 Å². The van der Waals surface area contributed by atoms with Crippen LogP contribution < -0.4 is 10.6 Å². The predicted octanol–water partition coefficient (Wildman–Crippen LogP) is 6.82. The highest BCUT2D eigenvalue weighted by molar-refractivity contribution is 7.10. The number of rotatable bonds is 7. The molecule has 0 bridgehead atoms. The summed E-state index contributed by atoms with van der Waals surface area (Å²) in [5.41, 5.74) is 2.25. The molecule has 0 aliphatic rings. The van der Waals surface area contributed by atoms with Crippen LogP contribution in [0, 0.1) is 0 Å². The lowest BCUT2D eigenvalue weighted by Crippen LogP contribution is -2.24. The fourth-order valence-corrected chi connectivity index (χ4v) is 4.63. The molecule has 4 heteroatoms. The van der Waals surface area contributed by atoms with E-state index in [2.05, 4.69) is 94.2 Å². The van der Waals surface area contributed by atoms with Gasteiger partial charge in [0.15, 0.2) is 0 Å². The number of hydrogen-bond donors (Lipinski definition) is 2. The maximum absolute atomic E-state index is 3.74. The van der Waals surface area contributed by atoms with Gasteiger partial charge in [-0.15, -0.1) is 22.7 Å². The van der Waals surface area contributed by atoms with Crippen LogP contribution in [-0.2, 0) is 0 Å². The van der Waals surface area contributed by atoms with Crippen molar-refractivity contribution in [3.05, 3.63) is 105 Å². The summed E-state index contributed by atoms with van der Waals surface area (Å²) in [4.78, 5) is 2.63. The Hall–Kier alpha value is -2.56. The first-order chi connectivity index (χ1) is 12.9. The molecule has 0 saturated carbocycles. The molecule has 0 spiro atoms. The second-order valence-electron chi connectivity index (χ2n) is 6.01. The van der Waals surface area contributed by atoms with Crippen molar-refractivity contribution in [1.29, 1.82) is 0 Å². The molecule has 2 aromatic carbocycles. The third kappa shape index (κ3) is 3.98. The zero-order chi connectivity index (χ0) is 17.6. The van der Waals surface area contributed by atoms with Gasteiger partial charge in [0.25, 0.3) is 0 Å². The van der Waals surface area contributed by atoms with E-state index in [1.807, 2.05) is 12.1 Å². The monoisotopic (exact) mass is 376 g/mol. The number of anilines is 2. The summed E-state index contributed by atoms with van der Waals surface area (Å²) in [7, 11) is 0. The van der Waals surface area contributed by atoms with Gasteiger partial charge in [-0.3, -0.25) is 0 Å². The minimum Gasteiger partial charge on any atom is -0.375 e. The van der Waals surface area contributed by atoms with Gasteiger partial charge in [0.05, 0.1) is 12.1 Å². The van der Waals surface area contributed by atoms with E-state index in [1.54, 1.807) is 22.7 Å². The Morgan fingerprint density at radius 3 is 1.27 bits per heavy atom. The van der Waals surface area contributed by atoms with Crippen LogP contribution in [0.2, 0.25) is 0 Å². The maximum Gasteiger partial charge on any atom is 0.0858 e. The number of hydrogen-bond acceptors (Lipinski definition) is 4. The van der Waals surface area contributed by atoms with Gasteiger partial charge in [-0.1, -0.05) is 48.5 Å². The lowest BCUT2D eigenvalue weighted by atomic mass is 10.0. The van der Waals surface area contributed by atoms with E-state index in [-0.39, 0.29) is 12.1 Å². The molecular weight excluding hydrogens is 356 g/mol. The molecule has 0 aliphatic heterocycles. The number of thiophene rings is 2. The van der Waals surface area contributed by atoms with Gasteiger partial charge in [0, 0.05) is 21.1 Å². The van der Waals surface area contributed by atoms with Crippen molar-refractivity contribution >= 4 is 34.0 Å². The molecular formula is C22H20N2S2. The summed E-state index contributed by atoms with van der Waals surface area (Å²) in [5.74, 6) is 0. The van der Waals surface area contributed by atoms with Crippen molar-refractivity contribution in [2.45, 2.75) is 12.1 Å². The molecule has 2 unspecified atom stereocenters. The molecule has 26 heavy (non-hydrogen) atoms. The van der Waals surface area contributed by atoms with Gasteiger partial charge in [0.2, 0.25) is 0 Å². The normalized spacial score (nSPS) is 13.1. The topological polar surface area (TPSA) is 24.1 Å². The summed E-state index contributed by atoms with van der Waals surface area (Å²) in [6, 6.07) is 29.8. The maximum atomic E-state index is 3.74. The van der Waals surface area contributed by atoms with Crippen LogP contribution in [0.3, 0.4) is 0 Å². The molecule has 2 N–H and O–H groups in total. The van der Waals surface area contributed by atoms with Crippen LogP contribution in [0.15, 0.2) is 95.7 Å². The van der Waals surface area contributed by atoms with E-state index in [9.17, 15) is 0 Å². The first-order valence-corrected chi connectivity index (χ1v) is 10.4.